The Morgan fingerprint density at radius 3 is 2.88 bits per heavy atom. The SMILES string of the molecule is N=C(c1cnc(C(=O)O)cc1[NH2+]CCF)c1coc2ccccc12. The molecule has 3 aromatic rings. The van der Waals surface area contributed by atoms with Crippen molar-refractivity contribution >= 4 is 28.3 Å². The highest BCUT2D eigenvalue weighted by Crippen LogP contribution is 2.25. The van der Waals surface area contributed by atoms with Gasteiger partial charge in [0.05, 0.1) is 11.3 Å². The number of hydrogen-bond donors (Lipinski definition) is 3. The van der Waals surface area contributed by atoms with E-state index in [9.17, 15) is 9.18 Å². The highest BCUT2D eigenvalue weighted by Gasteiger charge is 2.20. The molecule has 2 heterocycles. The van der Waals surface area contributed by atoms with Crippen LogP contribution in [0.4, 0.5) is 10.1 Å². The Balaban J connectivity index is 2.06. The minimum Gasteiger partial charge on any atom is -0.477 e. The van der Waals surface area contributed by atoms with Crippen molar-refractivity contribution in [1.82, 2.24) is 4.98 Å². The molecular weight excluding hydrogens is 313 g/mol. The van der Waals surface area contributed by atoms with Gasteiger partial charge in [-0.3, -0.25) is 5.41 Å². The fraction of sp³-hybridized carbons (Fsp3) is 0.118. The highest BCUT2D eigenvalue weighted by atomic mass is 19.1. The average molecular weight is 328 g/mol. The molecule has 0 atom stereocenters. The largest absolute Gasteiger partial charge is 0.477 e. The average Bonchev–Trinajstić information content (AvgIpc) is 3.03. The molecule has 0 aliphatic carbocycles. The Kier molecular flexibility index (Phi) is 4.35. The lowest BCUT2D eigenvalue weighted by atomic mass is 10.0. The summed E-state index contributed by atoms with van der Waals surface area (Å²) in [6, 6.07) is 8.67. The Labute approximate surface area is 136 Å². The molecule has 7 heteroatoms. The molecule has 2 aromatic heterocycles. The van der Waals surface area contributed by atoms with Gasteiger partial charge in [0.15, 0.2) is 5.69 Å². The van der Waals surface area contributed by atoms with Gasteiger partial charge in [0.2, 0.25) is 0 Å². The molecule has 122 valence electrons. The third-order valence-electron chi connectivity index (χ3n) is 3.65. The van der Waals surface area contributed by atoms with Gasteiger partial charge in [-0.05, 0) is 6.07 Å². The fourth-order valence-corrected chi connectivity index (χ4v) is 2.49. The van der Waals surface area contributed by atoms with Crippen molar-refractivity contribution in [2.24, 2.45) is 0 Å². The van der Waals surface area contributed by atoms with E-state index in [1.807, 2.05) is 18.2 Å². The maximum absolute atomic E-state index is 12.5. The number of rotatable bonds is 6. The van der Waals surface area contributed by atoms with Crippen LogP contribution in [0.3, 0.4) is 0 Å². The standard InChI is InChI=1S/C17H14FN3O3/c18-5-6-20-13-7-14(17(22)23)21-8-11(13)16(19)12-9-24-15-4-2-1-3-10(12)15/h1-4,7-9,19H,5-6H2,(H,20,21)(H,22,23)/p+1. The summed E-state index contributed by atoms with van der Waals surface area (Å²) in [5.41, 5.74) is 2.13. The van der Waals surface area contributed by atoms with Gasteiger partial charge in [0.1, 0.15) is 30.8 Å². The van der Waals surface area contributed by atoms with Gasteiger partial charge in [0.25, 0.3) is 0 Å². The number of halogens is 1. The molecule has 0 saturated carbocycles. The van der Waals surface area contributed by atoms with Crippen LogP contribution < -0.4 is 5.32 Å². The Morgan fingerprint density at radius 1 is 1.33 bits per heavy atom. The maximum atomic E-state index is 12.5. The Morgan fingerprint density at radius 2 is 2.12 bits per heavy atom. The highest BCUT2D eigenvalue weighted by molar-refractivity contribution is 6.19. The van der Waals surface area contributed by atoms with Gasteiger partial charge < -0.3 is 14.8 Å². The molecule has 0 saturated heterocycles. The maximum Gasteiger partial charge on any atom is 0.354 e. The molecule has 0 radical (unpaired) electrons. The Hall–Kier alpha value is -3.06. The van der Waals surface area contributed by atoms with Crippen LogP contribution in [0.2, 0.25) is 0 Å². The molecule has 0 spiro atoms. The van der Waals surface area contributed by atoms with Crippen LogP contribution >= 0.6 is 0 Å². The van der Waals surface area contributed by atoms with Gasteiger partial charge in [-0.25, -0.2) is 14.2 Å². The third kappa shape index (κ3) is 2.89. The van der Waals surface area contributed by atoms with Gasteiger partial charge in [-0.2, -0.15) is 0 Å². The molecule has 0 aliphatic rings. The van der Waals surface area contributed by atoms with E-state index in [0.717, 1.165) is 5.39 Å². The number of aromatic carboxylic acids is 1. The van der Waals surface area contributed by atoms with E-state index >= 15 is 0 Å². The lowest BCUT2D eigenvalue weighted by Crippen LogP contribution is -2.79. The van der Waals surface area contributed by atoms with E-state index in [1.165, 1.54) is 18.5 Å². The minimum atomic E-state index is -1.17. The molecular formula is C17H15FN3O3+. The first-order chi connectivity index (χ1) is 11.6. The van der Waals surface area contributed by atoms with E-state index in [1.54, 1.807) is 11.4 Å². The zero-order valence-corrected chi connectivity index (χ0v) is 12.6. The monoisotopic (exact) mass is 328 g/mol. The number of fused-ring (bicyclic) bond motifs is 1. The van der Waals surface area contributed by atoms with E-state index in [-0.39, 0.29) is 18.0 Å². The number of quaternary nitrogens is 1. The number of hydrogen-bond acceptors (Lipinski definition) is 4. The summed E-state index contributed by atoms with van der Waals surface area (Å²) in [4.78, 5) is 15.0. The number of alkyl halides is 1. The number of furan rings is 1. The number of benzene rings is 1. The van der Waals surface area contributed by atoms with Crippen LogP contribution in [-0.4, -0.2) is 35.0 Å². The molecule has 6 nitrogen and oxygen atoms in total. The van der Waals surface area contributed by atoms with E-state index < -0.39 is 12.6 Å². The van der Waals surface area contributed by atoms with Crippen molar-refractivity contribution in [2.45, 2.75) is 0 Å². The van der Waals surface area contributed by atoms with E-state index in [0.29, 0.717) is 22.4 Å². The molecule has 3 rings (SSSR count). The van der Waals surface area contributed by atoms with Crippen LogP contribution in [0, 0.1) is 5.41 Å². The summed E-state index contributed by atoms with van der Waals surface area (Å²) in [5.74, 6) is -1.17. The first-order valence-corrected chi connectivity index (χ1v) is 7.30. The topological polar surface area (TPSA) is 104 Å². The minimum absolute atomic E-state index is 0.134. The number of pyridine rings is 1. The number of carboxylic acid groups (broad SMARTS) is 1. The van der Waals surface area contributed by atoms with Crippen molar-refractivity contribution in [3.8, 4) is 0 Å². The quantitative estimate of drug-likeness (QED) is 0.603. The molecule has 24 heavy (non-hydrogen) atoms. The van der Waals surface area contributed by atoms with Crippen molar-refractivity contribution in [1.29, 1.82) is 5.41 Å². The summed E-state index contributed by atoms with van der Waals surface area (Å²) in [6.45, 7) is -0.429. The molecule has 1 aromatic carbocycles. The van der Waals surface area contributed by atoms with Gasteiger partial charge >= 0.3 is 5.97 Å². The summed E-state index contributed by atoms with van der Waals surface area (Å²) < 4.78 is 18.0. The second-order valence-electron chi connectivity index (χ2n) is 5.16. The summed E-state index contributed by atoms with van der Waals surface area (Å²) in [6.07, 6.45) is 2.81. The van der Waals surface area contributed by atoms with Crippen molar-refractivity contribution in [3.63, 3.8) is 0 Å². The number of nitrogens with zero attached hydrogens (tertiary/aromatic N) is 1. The number of carboxylic acids is 1. The number of carbonyl (C=O) groups is 1. The predicted octanol–water partition coefficient (Wildman–Crippen LogP) is 2.11. The smallest absolute Gasteiger partial charge is 0.354 e. The van der Waals surface area contributed by atoms with Crippen LogP contribution in [0.5, 0.6) is 0 Å². The van der Waals surface area contributed by atoms with Crippen molar-refractivity contribution in [3.05, 3.63) is 59.6 Å². The summed E-state index contributed by atoms with van der Waals surface area (Å²) >= 11 is 0. The zero-order valence-electron chi connectivity index (χ0n) is 12.6. The summed E-state index contributed by atoms with van der Waals surface area (Å²) in [7, 11) is 0. The molecule has 0 aliphatic heterocycles. The first kappa shape index (κ1) is 15.8. The first-order valence-electron chi connectivity index (χ1n) is 7.30. The van der Waals surface area contributed by atoms with Crippen LogP contribution in [0.25, 0.3) is 11.0 Å². The van der Waals surface area contributed by atoms with Crippen LogP contribution in [0.15, 0.2) is 47.2 Å². The second-order valence-corrected chi connectivity index (χ2v) is 5.16. The zero-order chi connectivity index (χ0) is 17.1. The Bertz CT molecular complexity index is 920. The van der Waals surface area contributed by atoms with Crippen molar-refractivity contribution in [2.75, 3.05) is 13.2 Å². The number of aromatic nitrogens is 1. The molecule has 0 amide bonds. The number of para-hydroxylation sites is 1. The number of nitrogens with two attached hydrogens (primary N) is 1. The van der Waals surface area contributed by atoms with Gasteiger partial charge in [-0.1, -0.05) is 18.2 Å². The lowest BCUT2D eigenvalue weighted by Gasteiger charge is -2.08. The second kappa shape index (κ2) is 6.59. The molecule has 4 N–H and O–H groups in total. The van der Waals surface area contributed by atoms with E-state index in [4.69, 9.17) is 14.9 Å². The molecule has 0 bridgehead atoms. The molecule has 0 unspecified atom stereocenters. The summed E-state index contributed by atoms with van der Waals surface area (Å²) in [5, 5.41) is 19.9. The normalized spacial score (nSPS) is 10.9. The van der Waals surface area contributed by atoms with Crippen molar-refractivity contribution < 1.29 is 24.0 Å². The van der Waals surface area contributed by atoms with E-state index in [2.05, 4.69) is 4.98 Å². The van der Waals surface area contributed by atoms with Crippen LogP contribution in [0.1, 0.15) is 21.6 Å². The third-order valence-corrected chi connectivity index (χ3v) is 3.65. The van der Waals surface area contributed by atoms with Gasteiger partial charge in [0, 0.05) is 23.2 Å². The molecule has 0 fully saturated rings. The predicted molar refractivity (Wildman–Crippen MR) is 85.8 cm³/mol. The van der Waals surface area contributed by atoms with Gasteiger partial charge in [-0.15, -0.1) is 0 Å². The number of nitrogens with one attached hydrogen (secondary N) is 1. The fourth-order valence-electron chi connectivity index (χ4n) is 2.49. The van der Waals surface area contributed by atoms with Crippen LogP contribution in [-0.2, 0) is 0 Å². The lowest BCUT2D eigenvalue weighted by molar-refractivity contribution is -0.571.